The van der Waals surface area contributed by atoms with Gasteiger partial charge in [-0.1, -0.05) is 13.8 Å². The van der Waals surface area contributed by atoms with E-state index in [2.05, 4.69) is 18.9 Å². The summed E-state index contributed by atoms with van der Waals surface area (Å²) in [5.74, 6) is -0.832. The molecule has 0 spiro atoms. The van der Waals surface area contributed by atoms with Gasteiger partial charge in [-0.3, -0.25) is 9.48 Å². The molecule has 4 heteroatoms. The summed E-state index contributed by atoms with van der Waals surface area (Å²) in [7, 11) is 0. The third-order valence-corrected chi connectivity index (χ3v) is 2.10. The van der Waals surface area contributed by atoms with Crippen molar-refractivity contribution in [2.75, 3.05) is 0 Å². The summed E-state index contributed by atoms with van der Waals surface area (Å²) in [6.45, 7) is 6.60. The van der Waals surface area contributed by atoms with Gasteiger partial charge in [-0.15, -0.1) is 0 Å². The predicted molar refractivity (Wildman–Crippen MR) is 53.1 cm³/mol. The summed E-state index contributed by atoms with van der Waals surface area (Å²) in [6.07, 6.45) is 1.65. The molecule has 0 aliphatic rings. The number of aliphatic carboxylic acids is 1. The Morgan fingerprint density at radius 2 is 2.21 bits per heavy atom. The highest BCUT2D eigenvalue weighted by Gasteiger charge is 2.18. The summed E-state index contributed by atoms with van der Waals surface area (Å²) in [5.41, 5.74) is 0.770. The number of rotatable bonds is 4. The average Bonchev–Trinajstić information content (AvgIpc) is 2.49. The molecule has 1 unspecified atom stereocenters. The summed E-state index contributed by atoms with van der Waals surface area (Å²) in [4.78, 5) is 10.8. The van der Waals surface area contributed by atoms with Crippen LogP contribution in [0.15, 0.2) is 12.3 Å². The SMILES string of the molecule is CC(C)Cn1nccc1C(C)C(=O)O. The van der Waals surface area contributed by atoms with E-state index in [4.69, 9.17) is 5.11 Å². The fraction of sp³-hybridized carbons (Fsp3) is 0.600. The lowest BCUT2D eigenvalue weighted by Crippen LogP contribution is -2.16. The zero-order valence-corrected chi connectivity index (χ0v) is 8.77. The van der Waals surface area contributed by atoms with Gasteiger partial charge in [0, 0.05) is 12.7 Å². The molecule has 4 nitrogen and oxygen atoms in total. The molecule has 1 aromatic heterocycles. The smallest absolute Gasteiger partial charge is 0.312 e. The molecule has 0 fully saturated rings. The van der Waals surface area contributed by atoms with Crippen molar-refractivity contribution in [1.29, 1.82) is 0 Å². The number of hydrogen-bond donors (Lipinski definition) is 1. The van der Waals surface area contributed by atoms with Gasteiger partial charge in [0.2, 0.25) is 0 Å². The predicted octanol–water partition coefficient (Wildman–Crippen LogP) is 1.73. The van der Waals surface area contributed by atoms with E-state index in [0.717, 1.165) is 12.2 Å². The minimum atomic E-state index is -0.810. The van der Waals surface area contributed by atoms with Gasteiger partial charge >= 0.3 is 5.97 Å². The maximum Gasteiger partial charge on any atom is 0.312 e. The van der Waals surface area contributed by atoms with Crippen molar-refractivity contribution in [3.8, 4) is 0 Å². The Bertz CT molecular complexity index is 318. The lowest BCUT2D eigenvalue weighted by atomic mass is 10.1. The number of aromatic nitrogens is 2. The molecule has 1 atom stereocenters. The first-order chi connectivity index (χ1) is 6.52. The third kappa shape index (κ3) is 2.34. The molecule has 0 aromatic carbocycles. The molecule has 1 heterocycles. The Labute approximate surface area is 83.5 Å². The van der Waals surface area contributed by atoms with Crippen molar-refractivity contribution >= 4 is 5.97 Å². The molecule has 1 rings (SSSR count). The first kappa shape index (κ1) is 10.8. The lowest BCUT2D eigenvalue weighted by Gasteiger charge is -2.12. The van der Waals surface area contributed by atoms with Crippen LogP contribution in [0.25, 0.3) is 0 Å². The Hall–Kier alpha value is -1.32. The zero-order valence-electron chi connectivity index (χ0n) is 8.77. The number of carboxylic acid groups (broad SMARTS) is 1. The number of carboxylic acids is 1. The molecule has 0 bridgehead atoms. The van der Waals surface area contributed by atoms with Crippen LogP contribution < -0.4 is 0 Å². The number of hydrogen-bond acceptors (Lipinski definition) is 2. The van der Waals surface area contributed by atoms with Crippen molar-refractivity contribution in [3.63, 3.8) is 0 Å². The van der Waals surface area contributed by atoms with Crippen LogP contribution in [0.5, 0.6) is 0 Å². The van der Waals surface area contributed by atoms with Gasteiger partial charge in [-0.2, -0.15) is 5.10 Å². The van der Waals surface area contributed by atoms with Crippen LogP contribution in [0.1, 0.15) is 32.4 Å². The second-order valence-electron chi connectivity index (χ2n) is 3.89. The van der Waals surface area contributed by atoms with Crippen LogP contribution in [0, 0.1) is 5.92 Å². The summed E-state index contributed by atoms with van der Waals surface area (Å²) in [6, 6.07) is 1.77. The van der Waals surface area contributed by atoms with Gasteiger partial charge in [-0.25, -0.2) is 0 Å². The highest BCUT2D eigenvalue weighted by Crippen LogP contribution is 2.15. The van der Waals surface area contributed by atoms with Gasteiger partial charge in [0.15, 0.2) is 0 Å². The van der Waals surface area contributed by atoms with E-state index >= 15 is 0 Å². The lowest BCUT2D eigenvalue weighted by molar-refractivity contribution is -0.138. The Morgan fingerprint density at radius 1 is 1.57 bits per heavy atom. The molecule has 0 radical (unpaired) electrons. The van der Waals surface area contributed by atoms with Crippen molar-refractivity contribution in [1.82, 2.24) is 9.78 Å². The van der Waals surface area contributed by atoms with E-state index in [1.54, 1.807) is 23.9 Å². The van der Waals surface area contributed by atoms with E-state index in [-0.39, 0.29) is 0 Å². The fourth-order valence-electron chi connectivity index (χ4n) is 1.34. The molecule has 0 saturated carbocycles. The van der Waals surface area contributed by atoms with Gasteiger partial charge in [-0.05, 0) is 18.9 Å². The second-order valence-corrected chi connectivity index (χ2v) is 3.89. The minimum Gasteiger partial charge on any atom is -0.481 e. The second kappa shape index (κ2) is 4.26. The van der Waals surface area contributed by atoms with Gasteiger partial charge < -0.3 is 5.11 Å². The number of carbonyl (C=O) groups is 1. The zero-order chi connectivity index (χ0) is 10.7. The van der Waals surface area contributed by atoms with Crippen LogP contribution in [0.2, 0.25) is 0 Å². The van der Waals surface area contributed by atoms with Crippen LogP contribution >= 0.6 is 0 Å². The number of nitrogens with zero attached hydrogens (tertiary/aromatic N) is 2. The van der Waals surface area contributed by atoms with Crippen LogP contribution in [0.3, 0.4) is 0 Å². The van der Waals surface area contributed by atoms with Gasteiger partial charge in [0.25, 0.3) is 0 Å². The molecule has 1 N–H and O–H groups in total. The Kier molecular flexibility index (Phi) is 3.28. The van der Waals surface area contributed by atoms with Gasteiger partial charge in [0.05, 0.1) is 11.6 Å². The molecule has 0 aliphatic carbocycles. The maximum atomic E-state index is 10.8. The molecular weight excluding hydrogens is 180 g/mol. The standard InChI is InChI=1S/C10H16N2O2/c1-7(2)6-12-9(4-5-11-12)8(3)10(13)14/h4-5,7-8H,6H2,1-3H3,(H,13,14). The molecule has 0 amide bonds. The first-order valence-electron chi connectivity index (χ1n) is 4.77. The summed E-state index contributed by atoms with van der Waals surface area (Å²) in [5, 5.41) is 13.0. The normalized spacial score (nSPS) is 13.1. The van der Waals surface area contributed by atoms with E-state index in [1.165, 1.54) is 0 Å². The van der Waals surface area contributed by atoms with Crippen LogP contribution in [-0.2, 0) is 11.3 Å². The third-order valence-electron chi connectivity index (χ3n) is 2.10. The van der Waals surface area contributed by atoms with E-state index in [1.807, 2.05) is 0 Å². The largest absolute Gasteiger partial charge is 0.481 e. The average molecular weight is 196 g/mol. The molecule has 0 saturated heterocycles. The van der Waals surface area contributed by atoms with Crippen LogP contribution in [0.4, 0.5) is 0 Å². The minimum absolute atomic E-state index is 0.467. The van der Waals surface area contributed by atoms with E-state index in [0.29, 0.717) is 5.92 Å². The van der Waals surface area contributed by atoms with Crippen molar-refractivity contribution in [3.05, 3.63) is 18.0 Å². The highest BCUT2D eigenvalue weighted by molar-refractivity contribution is 5.74. The Morgan fingerprint density at radius 3 is 2.71 bits per heavy atom. The highest BCUT2D eigenvalue weighted by atomic mass is 16.4. The maximum absolute atomic E-state index is 10.8. The molecule has 1 aromatic rings. The molecule has 78 valence electrons. The van der Waals surface area contributed by atoms with Gasteiger partial charge in [0.1, 0.15) is 0 Å². The fourth-order valence-corrected chi connectivity index (χ4v) is 1.34. The summed E-state index contributed by atoms with van der Waals surface area (Å²) >= 11 is 0. The molecule has 0 aliphatic heterocycles. The van der Waals surface area contributed by atoms with E-state index < -0.39 is 11.9 Å². The topological polar surface area (TPSA) is 55.1 Å². The monoisotopic (exact) mass is 196 g/mol. The van der Waals surface area contributed by atoms with Crippen molar-refractivity contribution < 1.29 is 9.90 Å². The summed E-state index contributed by atoms with van der Waals surface area (Å²) < 4.78 is 1.77. The van der Waals surface area contributed by atoms with E-state index in [9.17, 15) is 4.79 Å². The quantitative estimate of drug-likeness (QED) is 0.797. The van der Waals surface area contributed by atoms with Crippen molar-refractivity contribution in [2.45, 2.75) is 33.2 Å². The van der Waals surface area contributed by atoms with Crippen molar-refractivity contribution in [2.24, 2.45) is 5.92 Å². The molecule has 14 heavy (non-hydrogen) atoms. The molecular formula is C10H16N2O2. The Balaban J connectivity index is 2.86. The van der Waals surface area contributed by atoms with Crippen LogP contribution in [-0.4, -0.2) is 20.9 Å². The first-order valence-corrected chi connectivity index (χ1v) is 4.77.